The second-order valence-corrected chi connectivity index (χ2v) is 9.01. The molecule has 3 rings (SSSR count). The minimum absolute atomic E-state index is 0.187. The molecule has 1 aliphatic heterocycles. The molecule has 9 heteroatoms. The van der Waals surface area contributed by atoms with Gasteiger partial charge in [0.15, 0.2) is 17.3 Å². The van der Waals surface area contributed by atoms with Crippen LogP contribution in [0.5, 0.6) is 0 Å². The van der Waals surface area contributed by atoms with Gasteiger partial charge in [-0.3, -0.25) is 9.59 Å². The van der Waals surface area contributed by atoms with Crippen molar-refractivity contribution in [1.29, 1.82) is 0 Å². The van der Waals surface area contributed by atoms with Crippen molar-refractivity contribution in [2.75, 3.05) is 20.6 Å². The monoisotopic (exact) mass is 433 g/mol. The first kappa shape index (κ1) is 22.9. The van der Waals surface area contributed by atoms with Crippen molar-refractivity contribution in [2.24, 2.45) is 5.41 Å². The third-order valence-corrected chi connectivity index (χ3v) is 5.48. The number of carbonyl (C=O) groups is 2. The number of aromatic nitrogens is 2. The van der Waals surface area contributed by atoms with Crippen molar-refractivity contribution in [3.63, 3.8) is 0 Å². The molecule has 31 heavy (non-hydrogen) atoms. The first-order valence-corrected chi connectivity index (χ1v) is 10.3. The highest BCUT2D eigenvalue weighted by Gasteiger charge is 2.34. The maximum absolute atomic E-state index is 13.9. The van der Waals surface area contributed by atoms with Crippen molar-refractivity contribution in [1.82, 2.24) is 25.3 Å². The van der Waals surface area contributed by atoms with Crippen LogP contribution in [0.1, 0.15) is 48.9 Å². The van der Waals surface area contributed by atoms with E-state index in [4.69, 9.17) is 0 Å². The second kappa shape index (κ2) is 8.74. The molecule has 7 nitrogen and oxygen atoms in total. The number of halogens is 2. The lowest BCUT2D eigenvalue weighted by Crippen LogP contribution is -2.53. The lowest BCUT2D eigenvalue weighted by atomic mass is 9.86. The molecule has 2 aromatic rings. The summed E-state index contributed by atoms with van der Waals surface area (Å²) in [6.07, 6.45) is 1.47. The summed E-state index contributed by atoms with van der Waals surface area (Å²) in [4.78, 5) is 27.7. The Kier molecular flexibility index (Phi) is 6.45. The molecule has 0 saturated heterocycles. The summed E-state index contributed by atoms with van der Waals surface area (Å²) in [5.41, 5.74) is 1.52. The molecular weight excluding hydrogens is 404 g/mol. The SMILES string of the molecule is CNC(=O)C(NC(=O)c1nn(-c2ccc(F)c(F)c2)c2c1CN(C)CCC2)C(C)(C)C. The maximum atomic E-state index is 13.9. The summed E-state index contributed by atoms with van der Waals surface area (Å²) < 4.78 is 28.9. The highest BCUT2D eigenvalue weighted by Crippen LogP contribution is 2.26. The number of amides is 2. The minimum Gasteiger partial charge on any atom is -0.357 e. The molecular formula is C22H29F2N5O2. The molecule has 1 unspecified atom stereocenters. The van der Waals surface area contributed by atoms with E-state index in [-0.39, 0.29) is 11.6 Å². The molecule has 2 N–H and O–H groups in total. The van der Waals surface area contributed by atoms with Crippen molar-refractivity contribution in [3.8, 4) is 5.69 Å². The van der Waals surface area contributed by atoms with Crippen LogP contribution < -0.4 is 10.6 Å². The summed E-state index contributed by atoms with van der Waals surface area (Å²) in [7, 11) is 3.47. The number of fused-ring (bicyclic) bond motifs is 1. The number of nitrogens with one attached hydrogen (secondary N) is 2. The van der Waals surface area contributed by atoms with Crippen LogP contribution in [0, 0.1) is 17.0 Å². The van der Waals surface area contributed by atoms with Crippen LogP contribution in [0.4, 0.5) is 8.78 Å². The molecule has 1 aromatic heterocycles. The number of hydrogen-bond donors (Lipinski definition) is 2. The predicted molar refractivity (Wildman–Crippen MR) is 113 cm³/mol. The van der Waals surface area contributed by atoms with E-state index in [1.54, 1.807) is 0 Å². The predicted octanol–water partition coefficient (Wildman–Crippen LogP) is 2.42. The van der Waals surface area contributed by atoms with Gasteiger partial charge in [0.25, 0.3) is 5.91 Å². The summed E-state index contributed by atoms with van der Waals surface area (Å²) in [6, 6.07) is 2.78. The molecule has 0 bridgehead atoms. The number of rotatable bonds is 4. The third-order valence-electron chi connectivity index (χ3n) is 5.48. The Labute approximate surface area is 180 Å². The maximum Gasteiger partial charge on any atom is 0.272 e. The summed E-state index contributed by atoms with van der Waals surface area (Å²) >= 11 is 0. The standard InChI is InChI=1S/C22H29F2N5O2/c1-22(2,3)19(21(31)25-4)26-20(30)18-14-12-28(5)10-6-7-17(14)29(27-18)13-8-9-15(23)16(24)11-13/h8-9,11,19H,6-7,10,12H2,1-5H3,(H,25,31)(H,26,30). The van der Waals surface area contributed by atoms with Crippen LogP contribution in [0.2, 0.25) is 0 Å². The topological polar surface area (TPSA) is 79.3 Å². The average Bonchev–Trinajstić information content (AvgIpc) is 2.93. The van der Waals surface area contributed by atoms with Crippen LogP contribution >= 0.6 is 0 Å². The zero-order valence-electron chi connectivity index (χ0n) is 18.6. The Bertz CT molecular complexity index is 997. The molecule has 1 aliphatic rings. The van der Waals surface area contributed by atoms with Gasteiger partial charge in [-0.1, -0.05) is 20.8 Å². The number of benzene rings is 1. The van der Waals surface area contributed by atoms with Crippen molar-refractivity contribution < 1.29 is 18.4 Å². The molecule has 0 spiro atoms. The molecule has 1 aromatic carbocycles. The molecule has 0 fully saturated rings. The van der Waals surface area contributed by atoms with Crippen LogP contribution in [0.3, 0.4) is 0 Å². The Morgan fingerprint density at radius 3 is 2.52 bits per heavy atom. The Morgan fingerprint density at radius 1 is 1.19 bits per heavy atom. The quantitative estimate of drug-likeness (QED) is 0.776. The third kappa shape index (κ3) is 4.76. The smallest absolute Gasteiger partial charge is 0.272 e. The van der Waals surface area contributed by atoms with Crippen LogP contribution in [0.25, 0.3) is 5.69 Å². The lowest BCUT2D eigenvalue weighted by molar-refractivity contribution is -0.124. The average molecular weight is 434 g/mol. The number of carbonyl (C=O) groups excluding carboxylic acids is 2. The van der Waals surface area contributed by atoms with E-state index in [2.05, 4.69) is 20.6 Å². The Morgan fingerprint density at radius 2 is 1.90 bits per heavy atom. The highest BCUT2D eigenvalue weighted by molar-refractivity contribution is 5.97. The summed E-state index contributed by atoms with van der Waals surface area (Å²) in [5.74, 6) is -2.70. The van der Waals surface area contributed by atoms with Crippen LogP contribution in [0.15, 0.2) is 18.2 Å². The van der Waals surface area contributed by atoms with Gasteiger partial charge >= 0.3 is 0 Å². The first-order chi connectivity index (χ1) is 14.5. The van der Waals surface area contributed by atoms with E-state index in [0.717, 1.165) is 36.4 Å². The molecule has 1 atom stereocenters. The van der Waals surface area contributed by atoms with Gasteiger partial charge in [-0.25, -0.2) is 13.5 Å². The Hall–Kier alpha value is -2.81. The van der Waals surface area contributed by atoms with E-state index < -0.39 is 29.0 Å². The van der Waals surface area contributed by atoms with E-state index in [1.807, 2.05) is 27.8 Å². The molecule has 168 valence electrons. The largest absolute Gasteiger partial charge is 0.357 e. The number of nitrogens with zero attached hydrogens (tertiary/aromatic N) is 3. The van der Waals surface area contributed by atoms with Crippen molar-refractivity contribution in [2.45, 2.75) is 46.2 Å². The fourth-order valence-electron chi connectivity index (χ4n) is 3.81. The molecule has 0 aliphatic carbocycles. The normalized spacial score (nSPS) is 15.7. The minimum atomic E-state index is -0.981. The summed E-state index contributed by atoms with van der Waals surface area (Å²) in [5, 5.41) is 9.89. The van der Waals surface area contributed by atoms with E-state index >= 15 is 0 Å². The fourth-order valence-corrected chi connectivity index (χ4v) is 3.81. The number of hydrogen-bond acceptors (Lipinski definition) is 4. The van der Waals surface area contributed by atoms with Crippen LogP contribution in [-0.4, -0.2) is 53.2 Å². The zero-order valence-corrected chi connectivity index (χ0v) is 18.6. The highest BCUT2D eigenvalue weighted by atomic mass is 19.2. The van der Waals surface area contributed by atoms with Gasteiger partial charge in [0.2, 0.25) is 5.91 Å². The van der Waals surface area contributed by atoms with Gasteiger partial charge in [0, 0.05) is 30.9 Å². The molecule has 0 radical (unpaired) electrons. The Balaban J connectivity index is 2.07. The number of likely N-dealkylation sites (N-methyl/N-ethyl adjacent to an activating group) is 1. The van der Waals surface area contributed by atoms with E-state index in [9.17, 15) is 18.4 Å². The van der Waals surface area contributed by atoms with Gasteiger partial charge in [0.05, 0.1) is 5.69 Å². The zero-order chi connectivity index (χ0) is 22.9. The lowest BCUT2D eigenvalue weighted by Gasteiger charge is -2.29. The summed E-state index contributed by atoms with van der Waals surface area (Å²) in [6.45, 7) is 6.91. The van der Waals surface area contributed by atoms with Gasteiger partial charge < -0.3 is 15.5 Å². The van der Waals surface area contributed by atoms with Gasteiger partial charge in [0.1, 0.15) is 6.04 Å². The van der Waals surface area contributed by atoms with Gasteiger partial charge in [-0.2, -0.15) is 5.10 Å². The molecule has 0 saturated carbocycles. The second-order valence-electron chi connectivity index (χ2n) is 9.01. The van der Waals surface area contributed by atoms with E-state index in [0.29, 0.717) is 18.7 Å². The van der Waals surface area contributed by atoms with Crippen molar-refractivity contribution in [3.05, 3.63) is 46.8 Å². The van der Waals surface area contributed by atoms with E-state index in [1.165, 1.54) is 17.8 Å². The molecule has 2 heterocycles. The fraction of sp³-hybridized carbons (Fsp3) is 0.500. The van der Waals surface area contributed by atoms with Crippen LogP contribution in [-0.2, 0) is 17.8 Å². The van der Waals surface area contributed by atoms with Crippen molar-refractivity contribution >= 4 is 11.8 Å². The first-order valence-electron chi connectivity index (χ1n) is 10.3. The van der Waals surface area contributed by atoms with Gasteiger partial charge in [-0.05, 0) is 44.0 Å². The van der Waals surface area contributed by atoms with Gasteiger partial charge in [-0.15, -0.1) is 0 Å². The molecule has 2 amide bonds.